The third-order valence-corrected chi connectivity index (χ3v) is 7.02. The van der Waals surface area contributed by atoms with Crippen LogP contribution in [0.4, 0.5) is 0 Å². The van der Waals surface area contributed by atoms with Crippen molar-refractivity contribution in [2.24, 2.45) is 0 Å². The third kappa shape index (κ3) is 4.83. The third-order valence-electron chi connectivity index (χ3n) is 5.15. The Morgan fingerprint density at radius 3 is 2.50 bits per heavy atom. The highest BCUT2D eigenvalue weighted by Gasteiger charge is 2.21. The number of ether oxygens (including phenoxy) is 1. The average Bonchev–Trinajstić information content (AvgIpc) is 3.23. The summed E-state index contributed by atoms with van der Waals surface area (Å²) in [6.07, 6.45) is 2.61. The monoisotopic (exact) mass is 429 g/mol. The lowest BCUT2D eigenvalue weighted by molar-refractivity contribution is -0.130. The molecular weight excluding hydrogens is 402 g/mol. The normalized spacial score (nSPS) is 11.7. The largest absolute Gasteiger partial charge is 0.497 e. The summed E-state index contributed by atoms with van der Waals surface area (Å²) in [5.74, 6) is 0.582. The highest BCUT2D eigenvalue weighted by atomic mass is 32.2. The number of methoxy groups -OCH3 is 1. The predicted molar refractivity (Wildman–Crippen MR) is 117 cm³/mol. The lowest BCUT2D eigenvalue weighted by Gasteiger charge is -2.20. The second-order valence-electron chi connectivity index (χ2n) is 7.21. The fraction of sp³-hybridized carbons (Fsp3) is 0.318. The van der Waals surface area contributed by atoms with E-state index in [9.17, 15) is 13.2 Å². The molecule has 0 aliphatic rings. The molecule has 0 aliphatic heterocycles. The second kappa shape index (κ2) is 9.32. The number of carbonyl (C=O) groups excluding carboxylic acids is 1. The minimum Gasteiger partial charge on any atom is -0.497 e. The molecule has 8 heteroatoms. The van der Waals surface area contributed by atoms with Gasteiger partial charge in [0.1, 0.15) is 5.75 Å². The molecule has 160 valence electrons. The van der Waals surface area contributed by atoms with Gasteiger partial charge in [-0.15, -0.1) is 0 Å². The number of aromatic nitrogens is 1. The van der Waals surface area contributed by atoms with Gasteiger partial charge >= 0.3 is 0 Å². The zero-order chi connectivity index (χ0) is 21.7. The number of rotatable bonds is 9. The lowest BCUT2D eigenvalue weighted by atomic mass is 10.1. The van der Waals surface area contributed by atoms with Crippen LogP contribution >= 0.6 is 0 Å². The fourth-order valence-corrected chi connectivity index (χ4v) is 4.53. The van der Waals surface area contributed by atoms with Crippen molar-refractivity contribution in [1.29, 1.82) is 0 Å². The quantitative estimate of drug-likeness (QED) is 0.566. The number of nitrogens with one attached hydrogen (secondary N) is 1. The Balaban J connectivity index is 1.53. The molecule has 0 saturated heterocycles. The molecule has 0 aliphatic carbocycles. The molecule has 0 fully saturated rings. The van der Waals surface area contributed by atoms with Crippen molar-refractivity contribution >= 4 is 26.8 Å². The first-order valence-electron chi connectivity index (χ1n) is 9.72. The molecule has 0 unspecified atom stereocenters. The van der Waals surface area contributed by atoms with Gasteiger partial charge in [0.15, 0.2) is 0 Å². The van der Waals surface area contributed by atoms with Gasteiger partial charge in [0.2, 0.25) is 15.9 Å². The van der Waals surface area contributed by atoms with Crippen molar-refractivity contribution in [2.45, 2.75) is 24.3 Å². The van der Waals surface area contributed by atoms with E-state index in [4.69, 9.17) is 4.74 Å². The van der Waals surface area contributed by atoms with E-state index >= 15 is 0 Å². The van der Waals surface area contributed by atoms with Gasteiger partial charge in [0.25, 0.3) is 0 Å². The minimum absolute atomic E-state index is 0.0159. The number of hydrogen-bond acceptors (Lipinski definition) is 4. The van der Waals surface area contributed by atoms with Gasteiger partial charge in [-0.2, -0.15) is 0 Å². The Kier molecular flexibility index (Phi) is 6.79. The van der Waals surface area contributed by atoms with Gasteiger partial charge in [-0.1, -0.05) is 12.1 Å². The van der Waals surface area contributed by atoms with Crippen LogP contribution in [0, 0.1) is 0 Å². The minimum atomic E-state index is -3.60. The number of sulfonamides is 1. The number of benzene rings is 2. The molecule has 3 aromatic rings. The molecule has 0 radical (unpaired) electrons. The molecule has 0 spiro atoms. The number of fused-ring (bicyclic) bond motifs is 1. The first-order valence-corrected chi connectivity index (χ1v) is 11.2. The van der Waals surface area contributed by atoms with E-state index in [1.54, 1.807) is 24.1 Å². The molecule has 1 N–H and O–H groups in total. The van der Waals surface area contributed by atoms with Crippen molar-refractivity contribution < 1.29 is 17.9 Å². The summed E-state index contributed by atoms with van der Waals surface area (Å²) in [7, 11) is 1.23. The van der Waals surface area contributed by atoms with Crippen LogP contribution in [0.15, 0.2) is 59.6 Å². The van der Waals surface area contributed by atoms with Crippen LogP contribution < -0.4 is 4.74 Å². The average molecular weight is 430 g/mol. The van der Waals surface area contributed by atoms with Crippen LogP contribution in [0.25, 0.3) is 10.9 Å². The van der Waals surface area contributed by atoms with E-state index in [0.29, 0.717) is 18.7 Å². The SMILES string of the molecule is COc1ccc(S(=O)(=O)N(C)CCCC(=O)N(C)Cc2cccc3[nH]ccc23)cc1. The molecule has 30 heavy (non-hydrogen) atoms. The van der Waals surface area contributed by atoms with Crippen molar-refractivity contribution in [3.05, 3.63) is 60.3 Å². The van der Waals surface area contributed by atoms with E-state index < -0.39 is 10.0 Å². The zero-order valence-corrected chi connectivity index (χ0v) is 18.3. The molecule has 3 rings (SSSR count). The molecule has 1 heterocycles. The second-order valence-corrected chi connectivity index (χ2v) is 9.26. The van der Waals surface area contributed by atoms with Crippen LogP contribution in [-0.4, -0.2) is 56.3 Å². The number of carbonyl (C=O) groups is 1. The van der Waals surface area contributed by atoms with Gasteiger partial charge in [-0.25, -0.2) is 12.7 Å². The number of H-pyrrole nitrogens is 1. The van der Waals surface area contributed by atoms with Crippen molar-refractivity contribution in [1.82, 2.24) is 14.2 Å². The predicted octanol–water partition coefficient (Wildman–Crippen LogP) is 3.24. The van der Waals surface area contributed by atoms with E-state index in [-0.39, 0.29) is 23.8 Å². The molecule has 0 bridgehead atoms. The summed E-state index contributed by atoms with van der Waals surface area (Å²) in [5, 5.41) is 1.10. The molecule has 0 saturated carbocycles. The van der Waals surface area contributed by atoms with Gasteiger partial charge in [0.05, 0.1) is 12.0 Å². The number of hydrogen-bond donors (Lipinski definition) is 1. The first-order chi connectivity index (χ1) is 14.3. The summed E-state index contributed by atoms with van der Waals surface area (Å²) in [4.78, 5) is 17.6. The van der Waals surface area contributed by atoms with Crippen LogP contribution in [-0.2, 0) is 21.4 Å². The van der Waals surface area contributed by atoms with Crippen LogP contribution in [0.5, 0.6) is 5.75 Å². The Hall–Kier alpha value is -2.84. The molecule has 1 amide bonds. The molecule has 1 aromatic heterocycles. The molecule has 2 aromatic carbocycles. The maximum absolute atomic E-state index is 12.7. The smallest absolute Gasteiger partial charge is 0.242 e. The van der Waals surface area contributed by atoms with E-state index in [1.807, 2.05) is 30.5 Å². The van der Waals surface area contributed by atoms with Crippen LogP contribution in [0.2, 0.25) is 0 Å². The summed E-state index contributed by atoms with van der Waals surface area (Å²) in [6.45, 7) is 0.773. The molecule has 7 nitrogen and oxygen atoms in total. The number of nitrogens with zero attached hydrogens (tertiary/aromatic N) is 2. The van der Waals surface area contributed by atoms with Gasteiger partial charge in [-0.05, 0) is 48.4 Å². The lowest BCUT2D eigenvalue weighted by Crippen LogP contribution is -2.30. The Bertz CT molecular complexity index is 1110. The maximum Gasteiger partial charge on any atom is 0.242 e. The van der Waals surface area contributed by atoms with E-state index in [0.717, 1.165) is 16.5 Å². The number of amides is 1. The molecular formula is C22H27N3O4S. The summed E-state index contributed by atoms with van der Waals surface area (Å²) in [6, 6.07) is 14.2. The van der Waals surface area contributed by atoms with Gasteiger partial charge < -0.3 is 14.6 Å². The fourth-order valence-electron chi connectivity index (χ4n) is 3.32. The Morgan fingerprint density at radius 2 is 1.80 bits per heavy atom. The topological polar surface area (TPSA) is 82.7 Å². The number of aromatic amines is 1. The van der Waals surface area contributed by atoms with Crippen LogP contribution in [0.1, 0.15) is 18.4 Å². The Morgan fingerprint density at radius 1 is 1.07 bits per heavy atom. The van der Waals surface area contributed by atoms with Crippen molar-refractivity contribution in [3.8, 4) is 5.75 Å². The van der Waals surface area contributed by atoms with E-state index in [1.165, 1.54) is 30.6 Å². The highest BCUT2D eigenvalue weighted by molar-refractivity contribution is 7.89. The highest BCUT2D eigenvalue weighted by Crippen LogP contribution is 2.20. The van der Waals surface area contributed by atoms with Gasteiger partial charge in [0, 0.05) is 50.7 Å². The maximum atomic E-state index is 12.7. The summed E-state index contributed by atoms with van der Waals surface area (Å²) < 4.78 is 31.7. The van der Waals surface area contributed by atoms with Gasteiger partial charge in [-0.3, -0.25) is 4.79 Å². The standard InChI is InChI=1S/C22H27N3O4S/c1-24(16-17-6-4-7-21-20(17)13-14-23-21)22(26)8-5-15-25(2)30(27,28)19-11-9-18(29-3)10-12-19/h4,6-7,9-14,23H,5,8,15-16H2,1-3H3. The first kappa shape index (κ1) is 21.9. The summed E-state index contributed by atoms with van der Waals surface area (Å²) in [5.41, 5.74) is 2.11. The van der Waals surface area contributed by atoms with Crippen molar-refractivity contribution in [2.75, 3.05) is 27.7 Å². The van der Waals surface area contributed by atoms with E-state index in [2.05, 4.69) is 4.98 Å². The van der Waals surface area contributed by atoms with Crippen molar-refractivity contribution in [3.63, 3.8) is 0 Å². The Labute approximate surface area is 177 Å². The zero-order valence-electron chi connectivity index (χ0n) is 17.5. The summed E-state index contributed by atoms with van der Waals surface area (Å²) >= 11 is 0. The molecule has 0 atom stereocenters. The van der Waals surface area contributed by atoms with Crippen LogP contribution in [0.3, 0.4) is 0 Å².